The standard InChI is InChI=1S/C19H19N5O/c25-19(18-16-8-13-6-14(7-13)17(16)22-23-18)21-15-9-20-24(11-15)10-12-4-2-1-3-5-12/h1-5,9,11,13-14H,6-8,10H2,(H,21,25)(H,22,23). The molecule has 6 heteroatoms. The highest BCUT2D eigenvalue weighted by Gasteiger charge is 2.40. The summed E-state index contributed by atoms with van der Waals surface area (Å²) in [5.74, 6) is 1.16. The van der Waals surface area contributed by atoms with Crippen LogP contribution in [-0.2, 0) is 13.0 Å². The summed E-state index contributed by atoms with van der Waals surface area (Å²) in [6, 6.07) is 10.1. The number of aromatic amines is 1. The zero-order chi connectivity index (χ0) is 16.8. The second kappa shape index (κ2) is 5.58. The Kier molecular flexibility index (Phi) is 3.23. The minimum atomic E-state index is -0.155. The summed E-state index contributed by atoms with van der Waals surface area (Å²) in [4.78, 5) is 12.6. The largest absolute Gasteiger partial charge is 0.318 e. The average Bonchev–Trinajstić information content (AvgIpc) is 3.21. The van der Waals surface area contributed by atoms with Crippen molar-refractivity contribution in [2.24, 2.45) is 5.92 Å². The molecule has 1 saturated carbocycles. The number of carbonyl (C=O) groups excluding carboxylic acids is 1. The van der Waals surface area contributed by atoms with Crippen molar-refractivity contribution in [1.82, 2.24) is 20.0 Å². The lowest BCUT2D eigenvalue weighted by molar-refractivity contribution is 0.102. The second-order valence-corrected chi connectivity index (χ2v) is 7.07. The Morgan fingerprint density at radius 3 is 2.96 bits per heavy atom. The molecule has 126 valence electrons. The molecule has 0 spiro atoms. The lowest BCUT2D eigenvalue weighted by Gasteiger charge is -2.40. The summed E-state index contributed by atoms with van der Waals surface area (Å²) in [5.41, 5.74) is 4.69. The van der Waals surface area contributed by atoms with Gasteiger partial charge in [0.15, 0.2) is 5.69 Å². The van der Waals surface area contributed by atoms with E-state index in [1.807, 2.05) is 29.1 Å². The fourth-order valence-electron chi connectivity index (χ4n) is 4.01. The molecular formula is C19H19N5O. The van der Waals surface area contributed by atoms with Crippen LogP contribution in [0, 0.1) is 5.92 Å². The molecule has 2 heterocycles. The van der Waals surface area contributed by atoms with Gasteiger partial charge in [-0.15, -0.1) is 0 Å². The summed E-state index contributed by atoms with van der Waals surface area (Å²) in [5, 5.41) is 14.6. The number of hydrogen-bond donors (Lipinski definition) is 2. The number of amides is 1. The van der Waals surface area contributed by atoms with Crippen LogP contribution in [0.15, 0.2) is 42.7 Å². The van der Waals surface area contributed by atoms with Gasteiger partial charge in [-0.3, -0.25) is 14.6 Å². The van der Waals surface area contributed by atoms with Crippen molar-refractivity contribution in [3.05, 3.63) is 65.2 Å². The van der Waals surface area contributed by atoms with Gasteiger partial charge < -0.3 is 5.32 Å². The number of H-pyrrole nitrogens is 1. The van der Waals surface area contributed by atoms with Crippen LogP contribution in [0.1, 0.15) is 46.1 Å². The van der Waals surface area contributed by atoms with E-state index >= 15 is 0 Å². The average molecular weight is 333 g/mol. The third-order valence-corrected chi connectivity index (χ3v) is 5.33. The van der Waals surface area contributed by atoms with Crippen LogP contribution in [0.3, 0.4) is 0 Å². The van der Waals surface area contributed by atoms with E-state index in [0.717, 1.165) is 17.9 Å². The Labute approximate surface area is 145 Å². The quantitative estimate of drug-likeness (QED) is 0.771. The Morgan fingerprint density at radius 1 is 1.28 bits per heavy atom. The molecule has 0 unspecified atom stereocenters. The highest BCUT2D eigenvalue weighted by Crippen LogP contribution is 2.49. The van der Waals surface area contributed by atoms with Gasteiger partial charge in [0.1, 0.15) is 0 Å². The maximum atomic E-state index is 12.6. The van der Waals surface area contributed by atoms with E-state index in [2.05, 4.69) is 32.7 Å². The summed E-state index contributed by atoms with van der Waals surface area (Å²) in [6.45, 7) is 0.678. The lowest BCUT2D eigenvalue weighted by Crippen LogP contribution is -2.31. The Hall–Kier alpha value is -2.89. The number of nitrogens with zero attached hydrogens (tertiary/aromatic N) is 3. The fraction of sp³-hybridized carbons (Fsp3) is 0.316. The molecule has 0 atom stereocenters. The van der Waals surface area contributed by atoms with E-state index in [4.69, 9.17) is 0 Å². The van der Waals surface area contributed by atoms with E-state index in [-0.39, 0.29) is 5.91 Å². The van der Waals surface area contributed by atoms with Crippen molar-refractivity contribution in [2.45, 2.75) is 31.7 Å². The van der Waals surface area contributed by atoms with Crippen LogP contribution < -0.4 is 5.32 Å². The number of benzene rings is 1. The van der Waals surface area contributed by atoms with Crippen LogP contribution in [0.25, 0.3) is 0 Å². The molecule has 6 rings (SSSR count). The number of rotatable bonds is 4. The zero-order valence-corrected chi connectivity index (χ0v) is 13.8. The summed E-state index contributed by atoms with van der Waals surface area (Å²) >= 11 is 0. The smallest absolute Gasteiger partial charge is 0.276 e. The van der Waals surface area contributed by atoms with Crippen LogP contribution in [0.4, 0.5) is 5.69 Å². The number of aromatic nitrogens is 4. The van der Waals surface area contributed by atoms with Crippen molar-refractivity contribution in [3.63, 3.8) is 0 Å². The predicted molar refractivity (Wildman–Crippen MR) is 93.5 cm³/mol. The number of anilines is 1. The van der Waals surface area contributed by atoms with E-state index in [1.54, 1.807) is 6.20 Å². The van der Waals surface area contributed by atoms with Gasteiger partial charge in [0.25, 0.3) is 5.91 Å². The lowest BCUT2D eigenvalue weighted by atomic mass is 9.64. The first-order valence-corrected chi connectivity index (χ1v) is 8.71. The molecule has 1 fully saturated rings. The van der Waals surface area contributed by atoms with Crippen LogP contribution in [0.5, 0.6) is 0 Å². The molecule has 3 aliphatic rings. The van der Waals surface area contributed by atoms with Crippen molar-refractivity contribution < 1.29 is 4.79 Å². The molecule has 2 N–H and O–H groups in total. The van der Waals surface area contributed by atoms with Crippen LogP contribution in [0.2, 0.25) is 0 Å². The Bertz CT molecular complexity index is 920. The molecule has 6 nitrogen and oxygen atoms in total. The maximum Gasteiger partial charge on any atom is 0.276 e. The SMILES string of the molecule is O=C(Nc1cnn(Cc2ccccc2)c1)c1n[nH]c2c1CC1CC2C1. The van der Waals surface area contributed by atoms with Crippen molar-refractivity contribution in [1.29, 1.82) is 0 Å². The molecular weight excluding hydrogens is 314 g/mol. The molecule has 1 amide bonds. The topological polar surface area (TPSA) is 75.6 Å². The van der Waals surface area contributed by atoms with Gasteiger partial charge >= 0.3 is 0 Å². The summed E-state index contributed by atoms with van der Waals surface area (Å²) < 4.78 is 1.82. The Morgan fingerprint density at radius 2 is 2.12 bits per heavy atom. The van der Waals surface area contributed by atoms with Gasteiger partial charge in [-0.2, -0.15) is 10.2 Å². The van der Waals surface area contributed by atoms with Gasteiger partial charge in [0.2, 0.25) is 0 Å². The number of nitrogens with one attached hydrogen (secondary N) is 2. The van der Waals surface area contributed by atoms with Gasteiger partial charge in [-0.1, -0.05) is 30.3 Å². The summed E-state index contributed by atoms with van der Waals surface area (Å²) in [7, 11) is 0. The first-order chi connectivity index (χ1) is 12.3. The van der Waals surface area contributed by atoms with E-state index in [1.165, 1.54) is 24.1 Å². The molecule has 0 saturated heterocycles. The van der Waals surface area contributed by atoms with Gasteiger partial charge in [0.05, 0.1) is 18.4 Å². The van der Waals surface area contributed by atoms with Crippen molar-refractivity contribution in [3.8, 4) is 0 Å². The third kappa shape index (κ3) is 2.54. The van der Waals surface area contributed by atoms with Crippen LogP contribution in [-0.4, -0.2) is 25.9 Å². The van der Waals surface area contributed by atoms with Gasteiger partial charge in [-0.25, -0.2) is 0 Å². The molecule has 25 heavy (non-hydrogen) atoms. The molecule has 0 radical (unpaired) electrons. The monoisotopic (exact) mass is 333 g/mol. The maximum absolute atomic E-state index is 12.6. The number of hydrogen-bond acceptors (Lipinski definition) is 3. The highest BCUT2D eigenvalue weighted by molar-refractivity contribution is 6.04. The molecule has 2 aromatic heterocycles. The van der Waals surface area contributed by atoms with Gasteiger partial charge in [-0.05, 0) is 30.7 Å². The van der Waals surface area contributed by atoms with E-state index < -0.39 is 0 Å². The third-order valence-electron chi connectivity index (χ3n) is 5.33. The van der Waals surface area contributed by atoms with Crippen LogP contribution >= 0.6 is 0 Å². The summed E-state index contributed by atoms with van der Waals surface area (Å²) in [6.07, 6.45) is 6.97. The molecule has 2 bridgehead atoms. The van der Waals surface area contributed by atoms with E-state index in [9.17, 15) is 4.79 Å². The van der Waals surface area contributed by atoms with Crippen molar-refractivity contribution in [2.75, 3.05) is 5.32 Å². The second-order valence-electron chi connectivity index (χ2n) is 7.07. The first kappa shape index (κ1) is 14.5. The van der Waals surface area contributed by atoms with Crippen molar-refractivity contribution >= 4 is 11.6 Å². The number of carbonyl (C=O) groups is 1. The normalized spacial score (nSPS) is 20.6. The molecule has 1 aromatic carbocycles. The molecule has 3 aliphatic carbocycles. The first-order valence-electron chi connectivity index (χ1n) is 8.71. The Balaban J connectivity index is 1.30. The van der Waals surface area contributed by atoms with Gasteiger partial charge in [0, 0.05) is 23.4 Å². The highest BCUT2D eigenvalue weighted by atomic mass is 16.2. The predicted octanol–water partition coefficient (Wildman–Crippen LogP) is 2.96. The van der Waals surface area contributed by atoms with E-state index in [0.29, 0.717) is 23.8 Å². The zero-order valence-electron chi connectivity index (χ0n) is 13.8. The fourth-order valence-corrected chi connectivity index (χ4v) is 4.01. The molecule has 3 aromatic rings. The molecule has 0 aliphatic heterocycles. The minimum Gasteiger partial charge on any atom is -0.318 e. The minimum absolute atomic E-state index is 0.155.